The van der Waals surface area contributed by atoms with Crippen molar-refractivity contribution in [1.82, 2.24) is 15.3 Å². The van der Waals surface area contributed by atoms with Crippen molar-refractivity contribution in [2.75, 3.05) is 25.1 Å². The molecule has 2 aromatic heterocycles. The molecular weight excluding hydrogens is 427 g/mol. The van der Waals surface area contributed by atoms with E-state index in [1.54, 1.807) is 6.92 Å². The van der Waals surface area contributed by atoms with Crippen LogP contribution in [0.1, 0.15) is 59.8 Å². The summed E-state index contributed by atoms with van der Waals surface area (Å²) in [6.07, 6.45) is 7.64. The first kappa shape index (κ1) is 24.6. The molecule has 33 heavy (non-hydrogen) atoms. The minimum absolute atomic E-state index is 0.0906. The van der Waals surface area contributed by atoms with Gasteiger partial charge in [-0.2, -0.15) is 0 Å². The second kappa shape index (κ2) is 12.2. The van der Waals surface area contributed by atoms with Crippen LogP contribution in [-0.2, 0) is 28.8 Å². The summed E-state index contributed by atoms with van der Waals surface area (Å²) < 4.78 is 19.6. The smallest absolute Gasteiger partial charge is 0.326 e. The summed E-state index contributed by atoms with van der Waals surface area (Å²) >= 11 is 0. The van der Waals surface area contributed by atoms with E-state index in [2.05, 4.69) is 32.7 Å². The van der Waals surface area contributed by atoms with Crippen LogP contribution in [0.2, 0.25) is 0 Å². The Hall–Kier alpha value is -3.07. The van der Waals surface area contributed by atoms with E-state index in [9.17, 15) is 19.1 Å². The third-order valence-corrected chi connectivity index (χ3v) is 5.66. The van der Waals surface area contributed by atoms with Gasteiger partial charge < -0.3 is 20.5 Å². The summed E-state index contributed by atoms with van der Waals surface area (Å²) in [6, 6.07) is 3.05. The number of halogens is 1. The Morgan fingerprint density at radius 3 is 2.91 bits per heavy atom. The molecule has 3 heterocycles. The number of carbonyl (C=O) groups is 2. The van der Waals surface area contributed by atoms with Crippen LogP contribution in [0.5, 0.6) is 0 Å². The lowest BCUT2D eigenvalue weighted by Crippen LogP contribution is -2.42. The molecule has 0 unspecified atom stereocenters. The van der Waals surface area contributed by atoms with Crippen LogP contribution in [-0.4, -0.2) is 52.8 Å². The largest absolute Gasteiger partial charge is 0.480 e. The van der Waals surface area contributed by atoms with Gasteiger partial charge in [0.2, 0.25) is 0 Å². The van der Waals surface area contributed by atoms with Crippen molar-refractivity contribution < 1.29 is 23.8 Å². The molecule has 2 aromatic rings. The molecule has 0 aliphatic carbocycles. The van der Waals surface area contributed by atoms with E-state index < -0.39 is 23.7 Å². The normalized spacial score (nSPS) is 13.6. The number of fused-ring (bicyclic) bond motifs is 1. The molecule has 1 amide bonds. The van der Waals surface area contributed by atoms with E-state index in [1.165, 1.54) is 11.8 Å². The van der Waals surface area contributed by atoms with Gasteiger partial charge in [-0.05, 0) is 55.7 Å². The lowest BCUT2D eigenvalue weighted by molar-refractivity contribution is -0.139. The van der Waals surface area contributed by atoms with E-state index in [0.717, 1.165) is 56.4 Å². The van der Waals surface area contributed by atoms with Gasteiger partial charge in [-0.15, -0.1) is 0 Å². The molecule has 0 spiro atoms. The Balaban J connectivity index is 1.38. The van der Waals surface area contributed by atoms with Gasteiger partial charge in [0, 0.05) is 38.1 Å². The predicted octanol–water partition coefficient (Wildman–Crippen LogP) is 3.15. The fraction of sp³-hybridized carbons (Fsp3) is 0.500. The van der Waals surface area contributed by atoms with Crippen LogP contribution >= 0.6 is 0 Å². The number of anilines is 1. The summed E-state index contributed by atoms with van der Waals surface area (Å²) in [7, 11) is 0. The van der Waals surface area contributed by atoms with Crippen LogP contribution in [0, 0.1) is 5.82 Å². The van der Waals surface area contributed by atoms with Crippen molar-refractivity contribution >= 4 is 17.7 Å². The topological polar surface area (TPSA) is 113 Å². The fourth-order valence-corrected chi connectivity index (χ4v) is 3.81. The summed E-state index contributed by atoms with van der Waals surface area (Å²) in [4.78, 5) is 32.4. The first-order valence-electron chi connectivity index (χ1n) is 11.5. The monoisotopic (exact) mass is 458 g/mol. The third kappa shape index (κ3) is 6.95. The molecule has 0 aromatic carbocycles. The van der Waals surface area contributed by atoms with Crippen LogP contribution in [0.3, 0.4) is 0 Å². The highest BCUT2D eigenvalue weighted by atomic mass is 19.1. The zero-order chi connectivity index (χ0) is 23.6. The number of unbranched alkanes of at least 4 members (excludes halogenated alkanes) is 1. The lowest BCUT2D eigenvalue weighted by Gasteiger charge is -2.17. The first-order chi connectivity index (χ1) is 16.0. The number of aliphatic carboxylic acids is 1. The molecule has 0 saturated carbocycles. The van der Waals surface area contributed by atoms with Crippen molar-refractivity contribution in [2.45, 2.75) is 57.9 Å². The molecule has 1 aliphatic heterocycles. The quantitative estimate of drug-likeness (QED) is 0.419. The van der Waals surface area contributed by atoms with Crippen LogP contribution in [0.4, 0.5) is 10.2 Å². The number of carboxylic acid groups (broad SMARTS) is 1. The number of hydrogen-bond acceptors (Lipinski definition) is 6. The standard InChI is InChI=1S/C24H31FN4O4/c1-2-16-14-26-15-19(25)21(16)23(30)29-20(24(31)32)10-13-33-12-4-3-7-18-9-8-17-6-5-11-27-22(17)28-18/h8-9,14-15,20H,2-7,10-13H2,1H3,(H,27,28)(H,29,30)(H,31,32)/t20-/m0/s1. The van der Waals surface area contributed by atoms with Gasteiger partial charge in [0.25, 0.3) is 5.91 Å². The Labute approximate surface area is 193 Å². The minimum atomic E-state index is -1.19. The Kier molecular flexibility index (Phi) is 9.12. The number of aryl methyl sites for hydroxylation is 3. The molecule has 0 saturated heterocycles. The molecule has 0 fully saturated rings. The number of nitrogens with one attached hydrogen (secondary N) is 2. The van der Waals surface area contributed by atoms with Crippen LogP contribution in [0.15, 0.2) is 24.5 Å². The maximum atomic E-state index is 14.1. The SMILES string of the molecule is CCc1cncc(F)c1C(=O)N[C@@H](CCOCCCCc1ccc2c(n1)NCCC2)C(=O)O. The van der Waals surface area contributed by atoms with Gasteiger partial charge in [-0.3, -0.25) is 9.78 Å². The van der Waals surface area contributed by atoms with Gasteiger partial charge in [-0.1, -0.05) is 13.0 Å². The van der Waals surface area contributed by atoms with Crippen molar-refractivity contribution in [3.05, 3.63) is 52.7 Å². The average Bonchev–Trinajstić information content (AvgIpc) is 2.82. The third-order valence-electron chi connectivity index (χ3n) is 5.66. The summed E-state index contributed by atoms with van der Waals surface area (Å²) in [5.74, 6) is -1.72. The van der Waals surface area contributed by atoms with E-state index in [1.807, 2.05) is 0 Å². The van der Waals surface area contributed by atoms with Crippen molar-refractivity contribution in [3.63, 3.8) is 0 Å². The van der Waals surface area contributed by atoms with Gasteiger partial charge >= 0.3 is 5.97 Å². The maximum absolute atomic E-state index is 14.1. The second-order valence-electron chi connectivity index (χ2n) is 8.07. The number of hydrogen-bond donors (Lipinski definition) is 3. The van der Waals surface area contributed by atoms with Gasteiger partial charge in [0.1, 0.15) is 11.9 Å². The van der Waals surface area contributed by atoms with Crippen LogP contribution in [0.25, 0.3) is 0 Å². The Bertz CT molecular complexity index is 969. The number of rotatable bonds is 12. The molecular formula is C24H31FN4O4. The number of aromatic nitrogens is 2. The molecule has 3 N–H and O–H groups in total. The zero-order valence-corrected chi connectivity index (χ0v) is 18.9. The zero-order valence-electron chi connectivity index (χ0n) is 18.9. The van der Waals surface area contributed by atoms with Crippen LogP contribution < -0.4 is 10.6 Å². The lowest BCUT2D eigenvalue weighted by atomic mass is 10.1. The minimum Gasteiger partial charge on any atom is -0.480 e. The molecule has 178 valence electrons. The average molecular weight is 459 g/mol. The van der Waals surface area contributed by atoms with E-state index in [4.69, 9.17) is 4.74 Å². The fourth-order valence-electron chi connectivity index (χ4n) is 3.81. The number of carboxylic acids is 1. The maximum Gasteiger partial charge on any atom is 0.326 e. The van der Waals surface area contributed by atoms with E-state index >= 15 is 0 Å². The molecule has 1 atom stereocenters. The van der Waals surface area contributed by atoms with Crippen molar-refractivity contribution in [1.29, 1.82) is 0 Å². The van der Waals surface area contributed by atoms with E-state index in [0.29, 0.717) is 18.6 Å². The first-order valence-corrected chi connectivity index (χ1v) is 11.5. The molecule has 1 aliphatic rings. The van der Waals surface area contributed by atoms with Crippen molar-refractivity contribution in [2.24, 2.45) is 0 Å². The molecule has 0 bridgehead atoms. The highest BCUT2D eigenvalue weighted by molar-refractivity contribution is 5.98. The highest BCUT2D eigenvalue weighted by Crippen LogP contribution is 2.20. The summed E-state index contributed by atoms with van der Waals surface area (Å²) in [6.45, 7) is 3.40. The molecule has 0 radical (unpaired) electrons. The number of amides is 1. The van der Waals surface area contributed by atoms with Crippen molar-refractivity contribution in [3.8, 4) is 0 Å². The molecule has 9 heteroatoms. The molecule has 3 rings (SSSR count). The summed E-state index contributed by atoms with van der Waals surface area (Å²) in [5.41, 5.74) is 2.58. The molecule has 8 nitrogen and oxygen atoms in total. The Morgan fingerprint density at radius 1 is 1.27 bits per heavy atom. The number of ether oxygens (including phenoxy) is 1. The van der Waals surface area contributed by atoms with Gasteiger partial charge in [-0.25, -0.2) is 14.2 Å². The van der Waals surface area contributed by atoms with Gasteiger partial charge in [0.05, 0.1) is 11.8 Å². The summed E-state index contributed by atoms with van der Waals surface area (Å²) in [5, 5.41) is 15.2. The van der Waals surface area contributed by atoms with Gasteiger partial charge in [0.15, 0.2) is 5.82 Å². The number of nitrogens with zero attached hydrogens (tertiary/aromatic N) is 2. The highest BCUT2D eigenvalue weighted by Gasteiger charge is 2.24. The number of pyridine rings is 2. The predicted molar refractivity (Wildman–Crippen MR) is 122 cm³/mol. The second-order valence-corrected chi connectivity index (χ2v) is 8.07. The van der Waals surface area contributed by atoms with E-state index in [-0.39, 0.29) is 18.6 Å². The Morgan fingerprint density at radius 2 is 2.12 bits per heavy atom. The number of carbonyl (C=O) groups excluding carboxylic acids is 1.